The van der Waals surface area contributed by atoms with Crippen LogP contribution in [0, 0.1) is 5.82 Å². The zero-order valence-corrected chi connectivity index (χ0v) is 17.2. The normalized spacial score (nSPS) is 11.1. The minimum Gasteiger partial charge on any atom is -0.490 e. The van der Waals surface area contributed by atoms with E-state index in [-0.39, 0.29) is 18.2 Å². The molecular weight excluding hydrogens is 379 g/mol. The first-order valence-electron chi connectivity index (χ1n) is 10.4. The van der Waals surface area contributed by atoms with Crippen molar-refractivity contribution in [2.24, 2.45) is 0 Å². The van der Waals surface area contributed by atoms with Gasteiger partial charge in [0.05, 0.1) is 12.1 Å². The third-order valence-corrected chi connectivity index (χ3v) is 4.78. The van der Waals surface area contributed by atoms with Gasteiger partial charge in [0.25, 0.3) is 5.91 Å². The van der Waals surface area contributed by atoms with Gasteiger partial charge in [-0.1, -0.05) is 50.1 Å². The molecule has 1 amide bonds. The number of hydrogen-bond acceptors (Lipinski definition) is 3. The lowest BCUT2D eigenvalue weighted by Gasteiger charge is -2.11. The number of fused-ring (bicyclic) bond motifs is 1. The smallest absolute Gasteiger partial charge is 0.251 e. The maximum Gasteiger partial charge on any atom is 0.251 e. The van der Waals surface area contributed by atoms with Crippen LogP contribution in [0.2, 0.25) is 0 Å². The van der Waals surface area contributed by atoms with Crippen molar-refractivity contribution >= 4 is 16.8 Å². The quantitative estimate of drug-likeness (QED) is 0.341. The number of rotatable bonds is 10. The largest absolute Gasteiger partial charge is 0.490 e. The van der Waals surface area contributed by atoms with E-state index < -0.39 is 5.82 Å². The molecule has 0 saturated heterocycles. The molecule has 0 unspecified atom stereocenters. The van der Waals surface area contributed by atoms with Crippen LogP contribution in [-0.4, -0.2) is 17.5 Å². The number of benzene rings is 2. The van der Waals surface area contributed by atoms with Crippen LogP contribution in [0.5, 0.6) is 5.75 Å². The molecule has 0 bridgehead atoms. The Balaban J connectivity index is 1.55. The highest BCUT2D eigenvalue weighted by atomic mass is 19.1. The second-order valence-corrected chi connectivity index (χ2v) is 7.07. The molecule has 1 aromatic heterocycles. The molecule has 3 rings (SSSR count). The molecule has 0 aliphatic carbocycles. The van der Waals surface area contributed by atoms with Gasteiger partial charge in [-0.25, -0.2) is 4.39 Å². The molecule has 0 atom stereocenters. The van der Waals surface area contributed by atoms with Crippen LogP contribution in [0.15, 0.2) is 66.9 Å². The fraction of sp³-hybridized carbons (Fsp3) is 0.280. The third kappa shape index (κ3) is 5.89. The molecule has 30 heavy (non-hydrogen) atoms. The van der Waals surface area contributed by atoms with Gasteiger partial charge >= 0.3 is 0 Å². The number of unbranched alkanes of at least 4 members (excludes halogenated alkanes) is 2. The standard InChI is InChI=1S/C25H27FN2O2/c1-2-3-4-5-6-7-16-30-23-12-8-10-21(24(23)26)18-28-25(29)20-13-14-22-19(17-20)11-9-15-27-22/h5-6,8-15,17H,2-4,7,16,18H2,1H3,(H,28,29)/b6-5+. The fourth-order valence-corrected chi connectivity index (χ4v) is 3.09. The first-order chi connectivity index (χ1) is 14.7. The summed E-state index contributed by atoms with van der Waals surface area (Å²) in [6.07, 6.45) is 10.1. The summed E-state index contributed by atoms with van der Waals surface area (Å²) in [7, 11) is 0. The van der Waals surface area contributed by atoms with E-state index in [0.29, 0.717) is 17.7 Å². The average Bonchev–Trinajstić information content (AvgIpc) is 2.78. The van der Waals surface area contributed by atoms with Gasteiger partial charge in [0, 0.05) is 29.3 Å². The number of pyridine rings is 1. The molecule has 0 aliphatic rings. The summed E-state index contributed by atoms with van der Waals surface area (Å²) in [6, 6.07) is 14.0. The molecule has 3 aromatic rings. The van der Waals surface area contributed by atoms with E-state index in [9.17, 15) is 9.18 Å². The van der Waals surface area contributed by atoms with Gasteiger partial charge in [-0.2, -0.15) is 0 Å². The number of nitrogens with one attached hydrogen (secondary N) is 1. The van der Waals surface area contributed by atoms with Crippen molar-refractivity contribution in [3.05, 3.63) is 83.8 Å². The lowest BCUT2D eigenvalue weighted by molar-refractivity contribution is 0.0950. The average molecular weight is 407 g/mol. The van der Waals surface area contributed by atoms with Crippen molar-refractivity contribution < 1.29 is 13.9 Å². The Morgan fingerprint density at radius 3 is 2.87 bits per heavy atom. The van der Waals surface area contributed by atoms with Gasteiger partial charge in [0.15, 0.2) is 11.6 Å². The Morgan fingerprint density at radius 2 is 2.00 bits per heavy atom. The zero-order valence-electron chi connectivity index (χ0n) is 17.2. The Morgan fingerprint density at radius 1 is 1.13 bits per heavy atom. The molecule has 2 aromatic carbocycles. The number of nitrogens with zero attached hydrogens (tertiary/aromatic N) is 1. The highest BCUT2D eigenvalue weighted by Gasteiger charge is 2.12. The SMILES string of the molecule is CCCC/C=C/CCOc1cccc(CNC(=O)c2ccc3ncccc3c2)c1F. The summed E-state index contributed by atoms with van der Waals surface area (Å²) in [5.74, 6) is -0.486. The van der Waals surface area contributed by atoms with Gasteiger partial charge in [0.2, 0.25) is 0 Å². The molecule has 5 heteroatoms. The van der Waals surface area contributed by atoms with Gasteiger partial charge in [-0.15, -0.1) is 0 Å². The molecule has 0 fully saturated rings. The van der Waals surface area contributed by atoms with E-state index >= 15 is 0 Å². The number of halogens is 1. The van der Waals surface area contributed by atoms with Crippen LogP contribution in [0.3, 0.4) is 0 Å². The van der Waals surface area contributed by atoms with Crippen molar-refractivity contribution in [3.63, 3.8) is 0 Å². The minimum absolute atomic E-state index is 0.0872. The van der Waals surface area contributed by atoms with Gasteiger partial charge in [-0.05, 0) is 43.2 Å². The fourth-order valence-electron chi connectivity index (χ4n) is 3.09. The number of hydrogen-bond donors (Lipinski definition) is 1. The lowest BCUT2D eigenvalue weighted by Crippen LogP contribution is -2.23. The molecule has 0 aliphatic heterocycles. The van der Waals surface area contributed by atoms with Crippen molar-refractivity contribution in [1.82, 2.24) is 10.3 Å². The predicted octanol–water partition coefficient (Wildman–Crippen LogP) is 5.82. The molecule has 0 radical (unpaired) electrons. The van der Waals surface area contributed by atoms with E-state index in [2.05, 4.69) is 29.4 Å². The van der Waals surface area contributed by atoms with E-state index in [1.165, 1.54) is 12.8 Å². The second-order valence-electron chi connectivity index (χ2n) is 7.07. The number of aromatic nitrogens is 1. The molecule has 156 valence electrons. The van der Waals surface area contributed by atoms with E-state index in [1.54, 1.807) is 42.6 Å². The summed E-state index contributed by atoms with van der Waals surface area (Å²) in [5, 5.41) is 3.66. The van der Waals surface area contributed by atoms with Crippen LogP contribution in [0.4, 0.5) is 4.39 Å². The zero-order chi connectivity index (χ0) is 21.2. The van der Waals surface area contributed by atoms with Crippen LogP contribution >= 0.6 is 0 Å². The monoisotopic (exact) mass is 406 g/mol. The molecule has 4 nitrogen and oxygen atoms in total. The third-order valence-electron chi connectivity index (χ3n) is 4.78. The molecule has 1 N–H and O–H groups in total. The molecule has 0 spiro atoms. The summed E-state index contributed by atoms with van der Waals surface area (Å²) in [5.41, 5.74) is 1.73. The van der Waals surface area contributed by atoms with Crippen LogP contribution in [0.1, 0.15) is 48.5 Å². The van der Waals surface area contributed by atoms with Crippen molar-refractivity contribution in [2.45, 2.75) is 39.2 Å². The summed E-state index contributed by atoms with van der Waals surface area (Å²) in [4.78, 5) is 16.7. The van der Waals surface area contributed by atoms with Crippen molar-refractivity contribution in [2.75, 3.05) is 6.61 Å². The van der Waals surface area contributed by atoms with E-state index in [0.717, 1.165) is 23.7 Å². The van der Waals surface area contributed by atoms with Crippen molar-refractivity contribution in [3.8, 4) is 5.75 Å². The van der Waals surface area contributed by atoms with E-state index in [1.807, 2.05) is 12.1 Å². The Bertz CT molecular complexity index is 1020. The lowest BCUT2D eigenvalue weighted by atomic mass is 10.1. The maximum atomic E-state index is 14.7. The van der Waals surface area contributed by atoms with E-state index in [4.69, 9.17) is 4.74 Å². The Kier molecular flexibility index (Phi) is 7.95. The number of carbonyl (C=O) groups is 1. The van der Waals surface area contributed by atoms with Gasteiger partial charge < -0.3 is 10.1 Å². The Hall–Kier alpha value is -3.21. The number of amides is 1. The number of carbonyl (C=O) groups excluding carboxylic acids is 1. The minimum atomic E-state index is -0.435. The first-order valence-corrected chi connectivity index (χ1v) is 10.4. The predicted molar refractivity (Wildman–Crippen MR) is 118 cm³/mol. The first kappa shape index (κ1) is 21.5. The van der Waals surface area contributed by atoms with Crippen LogP contribution in [-0.2, 0) is 6.54 Å². The summed E-state index contributed by atoms with van der Waals surface area (Å²) in [6.45, 7) is 2.67. The summed E-state index contributed by atoms with van der Waals surface area (Å²) < 4.78 is 20.3. The second kappa shape index (κ2) is 11.1. The highest BCUT2D eigenvalue weighted by molar-refractivity contribution is 5.97. The summed E-state index contributed by atoms with van der Waals surface area (Å²) >= 11 is 0. The number of ether oxygens (including phenoxy) is 1. The Labute approximate surface area is 176 Å². The molecular formula is C25H27FN2O2. The van der Waals surface area contributed by atoms with Crippen molar-refractivity contribution in [1.29, 1.82) is 0 Å². The molecule has 0 saturated carbocycles. The van der Waals surface area contributed by atoms with Gasteiger partial charge in [-0.3, -0.25) is 9.78 Å². The van der Waals surface area contributed by atoms with Crippen LogP contribution in [0.25, 0.3) is 10.9 Å². The van der Waals surface area contributed by atoms with Crippen LogP contribution < -0.4 is 10.1 Å². The maximum absolute atomic E-state index is 14.7. The topological polar surface area (TPSA) is 51.2 Å². The highest BCUT2D eigenvalue weighted by Crippen LogP contribution is 2.21. The molecule has 1 heterocycles. The number of allylic oxidation sites excluding steroid dienone is 1. The van der Waals surface area contributed by atoms with Gasteiger partial charge in [0.1, 0.15) is 0 Å².